The van der Waals surface area contributed by atoms with Crippen molar-refractivity contribution in [2.24, 2.45) is 0 Å². The van der Waals surface area contributed by atoms with Gasteiger partial charge in [0.05, 0.1) is 11.7 Å². The van der Waals surface area contributed by atoms with E-state index in [1.165, 1.54) is 31.2 Å². The first-order valence-electron chi connectivity index (χ1n) is 8.15. The van der Waals surface area contributed by atoms with Crippen molar-refractivity contribution in [3.8, 4) is 0 Å². The summed E-state index contributed by atoms with van der Waals surface area (Å²) in [5.41, 5.74) is -3.16. The van der Waals surface area contributed by atoms with Crippen LogP contribution in [-0.2, 0) is 17.3 Å². The van der Waals surface area contributed by atoms with E-state index in [0.717, 1.165) is 15.9 Å². The summed E-state index contributed by atoms with van der Waals surface area (Å²) in [6, 6.07) is 7.41. The minimum absolute atomic E-state index is 0.198. The van der Waals surface area contributed by atoms with Crippen LogP contribution in [0.25, 0.3) is 4.96 Å². The largest absolute Gasteiger partial charge is 0.433 e. The average Bonchev–Trinajstić information content (AvgIpc) is 3.00. The molecule has 3 rings (SSSR count). The predicted molar refractivity (Wildman–Crippen MR) is 91.8 cm³/mol. The van der Waals surface area contributed by atoms with E-state index in [1.54, 1.807) is 6.07 Å². The average molecular weight is 437 g/mol. The highest BCUT2D eigenvalue weighted by Gasteiger charge is 2.39. The minimum Gasteiger partial charge on any atom is -0.364 e. The van der Waals surface area contributed by atoms with Crippen LogP contribution in [0.2, 0.25) is 0 Å². The molecule has 0 bridgehead atoms. The van der Waals surface area contributed by atoms with Crippen molar-refractivity contribution in [3.63, 3.8) is 0 Å². The van der Waals surface area contributed by atoms with Crippen molar-refractivity contribution in [3.05, 3.63) is 62.5 Å². The summed E-state index contributed by atoms with van der Waals surface area (Å²) in [6.45, 7) is -0.189. The summed E-state index contributed by atoms with van der Waals surface area (Å²) < 4.78 is 84.1. The van der Waals surface area contributed by atoms with E-state index in [9.17, 15) is 31.1 Å². The van der Waals surface area contributed by atoms with Gasteiger partial charge in [0.2, 0.25) is 4.96 Å². The smallest absolute Gasteiger partial charge is 0.364 e. The van der Waals surface area contributed by atoms with Crippen LogP contribution < -0.4 is 5.56 Å². The van der Waals surface area contributed by atoms with Gasteiger partial charge in [-0.05, 0) is 12.5 Å². The van der Waals surface area contributed by atoms with Gasteiger partial charge in [0.15, 0.2) is 5.69 Å². The van der Waals surface area contributed by atoms with E-state index in [4.69, 9.17) is 4.74 Å². The number of aromatic nitrogens is 3. The Hall–Kier alpha value is -2.47. The number of fused-ring (bicyclic) bond motifs is 1. The van der Waals surface area contributed by atoms with Crippen molar-refractivity contribution in [2.75, 3.05) is 6.61 Å². The summed E-state index contributed by atoms with van der Waals surface area (Å²) >= 11 is 0.795. The second kappa shape index (κ2) is 7.75. The monoisotopic (exact) mass is 437 g/mol. The molecule has 0 aliphatic carbocycles. The number of rotatable bonds is 5. The van der Waals surface area contributed by atoms with E-state index in [-0.39, 0.29) is 10.5 Å². The van der Waals surface area contributed by atoms with Gasteiger partial charge in [0, 0.05) is 6.42 Å². The summed E-state index contributed by atoms with van der Waals surface area (Å²) in [6.07, 6.45) is -11.9. The molecule has 1 aromatic carbocycles. The zero-order chi connectivity index (χ0) is 21.4. The molecular formula is C17H13F6N3O2S. The molecule has 0 saturated heterocycles. The number of hydrogen-bond acceptors (Lipinski definition) is 5. The Morgan fingerprint density at radius 2 is 1.79 bits per heavy atom. The molecular weight excluding hydrogens is 424 g/mol. The zero-order valence-electron chi connectivity index (χ0n) is 14.7. The van der Waals surface area contributed by atoms with Crippen molar-refractivity contribution in [1.29, 1.82) is 0 Å². The van der Waals surface area contributed by atoms with E-state index in [2.05, 4.69) is 10.1 Å². The molecule has 0 aliphatic rings. The van der Waals surface area contributed by atoms with Crippen molar-refractivity contribution in [2.45, 2.75) is 31.8 Å². The van der Waals surface area contributed by atoms with Crippen LogP contribution in [0.1, 0.15) is 27.9 Å². The van der Waals surface area contributed by atoms with Crippen molar-refractivity contribution in [1.82, 2.24) is 14.6 Å². The molecule has 0 radical (unpaired) electrons. The van der Waals surface area contributed by atoms with Gasteiger partial charge in [0.25, 0.3) is 5.56 Å². The molecule has 1 atom stereocenters. The Balaban J connectivity index is 2.11. The highest BCUT2D eigenvalue weighted by Crippen LogP contribution is 2.33. The highest BCUT2D eigenvalue weighted by molar-refractivity contribution is 7.16. The molecule has 0 amide bonds. The Labute approximate surface area is 163 Å². The van der Waals surface area contributed by atoms with Crippen LogP contribution in [0.15, 0.2) is 35.1 Å². The standard InChI is InChI=1S/C17H13F6N3O2S/c1-9-25-26-14(27)11(13(17(21,22)23)24-15(26)29-9)7-12(28-8-16(18,19)20)10-5-3-2-4-6-10/h2-6,12H,7-8H2,1H3. The van der Waals surface area contributed by atoms with Gasteiger partial charge >= 0.3 is 12.4 Å². The maximum absolute atomic E-state index is 13.5. The lowest BCUT2D eigenvalue weighted by molar-refractivity contribution is -0.186. The van der Waals surface area contributed by atoms with Crippen LogP contribution in [0, 0.1) is 6.92 Å². The number of hydrogen-bond donors (Lipinski definition) is 0. The minimum atomic E-state index is -4.98. The third-order valence-corrected chi connectivity index (χ3v) is 4.71. The fourth-order valence-electron chi connectivity index (χ4n) is 2.71. The van der Waals surface area contributed by atoms with Gasteiger partial charge in [-0.2, -0.15) is 36.0 Å². The van der Waals surface area contributed by atoms with E-state index in [1.807, 2.05) is 0 Å². The first-order valence-corrected chi connectivity index (χ1v) is 8.97. The number of alkyl halides is 6. The highest BCUT2D eigenvalue weighted by atomic mass is 32.1. The first kappa shape index (κ1) is 21.2. The third-order valence-electron chi connectivity index (χ3n) is 3.88. The van der Waals surface area contributed by atoms with Gasteiger partial charge in [-0.3, -0.25) is 4.79 Å². The summed E-state index contributed by atoms with van der Waals surface area (Å²) in [5, 5.41) is 4.15. The second-order valence-corrected chi connectivity index (χ2v) is 7.25. The Bertz CT molecular complexity index is 1060. The number of nitrogens with zero attached hydrogens (tertiary/aromatic N) is 3. The maximum Gasteiger partial charge on any atom is 0.433 e. The van der Waals surface area contributed by atoms with Gasteiger partial charge in [-0.15, -0.1) is 0 Å². The topological polar surface area (TPSA) is 56.5 Å². The molecule has 12 heteroatoms. The third kappa shape index (κ3) is 4.93. The molecule has 1 unspecified atom stereocenters. The zero-order valence-corrected chi connectivity index (χ0v) is 15.5. The van der Waals surface area contributed by atoms with Crippen LogP contribution in [-0.4, -0.2) is 27.4 Å². The predicted octanol–water partition coefficient (Wildman–Crippen LogP) is 4.34. The van der Waals surface area contributed by atoms with E-state index < -0.39 is 48.3 Å². The van der Waals surface area contributed by atoms with Gasteiger partial charge < -0.3 is 4.74 Å². The van der Waals surface area contributed by atoms with Gasteiger partial charge in [-0.1, -0.05) is 41.7 Å². The van der Waals surface area contributed by atoms with E-state index >= 15 is 0 Å². The normalized spacial score (nSPS) is 13.8. The summed E-state index contributed by atoms with van der Waals surface area (Å²) in [5.74, 6) is 0. The molecule has 0 spiro atoms. The molecule has 3 aromatic rings. The number of ether oxygens (including phenoxy) is 1. The Morgan fingerprint density at radius 1 is 1.14 bits per heavy atom. The lowest BCUT2D eigenvalue weighted by Crippen LogP contribution is -2.29. The second-order valence-electron chi connectivity index (χ2n) is 6.09. The maximum atomic E-state index is 13.5. The molecule has 2 heterocycles. The van der Waals surface area contributed by atoms with Crippen LogP contribution in [0.4, 0.5) is 26.3 Å². The lowest BCUT2D eigenvalue weighted by Gasteiger charge is -2.21. The Morgan fingerprint density at radius 3 is 2.38 bits per heavy atom. The quantitative estimate of drug-likeness (QED) is 0.558. The number of benzene rings is 1. The van der Waals surface area contributed by atoms with Crippen molar-refractivity contribution >= 4 is 16.3 Å². The first-order chi connectivity index (χ1) is 13.5. The van der Waals surface area contributed by atoms with Gasteiger partial charge in [-0.25, -0.2) is 4.98 Å². The fourth-order valence-corrected chi connectivity index (χ4v) is 3.45. The summed E-state index contributed by atoms with van der Waals surface area (Å²) in [7, 11) is 0. The van der Waals surface area contributed by atoms with Crippen LogP contribution in [0.3, 0.4) is 0 Å². The SMILES string of the molecule is Cc1nn2c(=O)c(CC(OCC(F)(F)F)c3ccccc3)c(C(F)(F)F)nc2s1. The summed E-state index contributed by atoms with van der Waals surface area (Å²) in [4.78, 5) is 15.9. The fraction of sp³-hybridized carbons (Fsp3) is 0.353. The lowest BCUT2D eigenvalue weighted by atomic mass is 10.0. The molecule has 156 valence electrons. The molecule has 2 aromatic heterocycles. The van der Waals surface area contributed by atoms with E-state index in [0.29, 0.717) is 5.01 Å². The molecule has 0 saturated carbocycles. The van der Waals surface area contributed by atoms with Crippen LogP contribution in [0.5, 0.6) is 0 Å². The van der Waals surface area contributed by atoms with Crippen molar-refractivity contribution < 1.29 is 31.1 Å². The Kier molecular flexibility index (Phi) is 5.68. The molecule has 0 fully saturated rings. The van der Waals surface area contributed by atoms with Crippen LogP contribution >= 0.6 is 11.3 Å². The molecule has 0 N–H and O–H groups in total. The number of aryl methyl sites for hydroxylation is 1. The molecule has 29 heavy (non-hydrogen) atoms. The number of halogens is 6. The molecule has 5 nitrogen and oxygen atoms in total. The molecule has 0 aliphatic heterocycles. The van der Waals surface area contributed by atoms with Gasteiger partial charge in [0.1, 0.15) is 11.6 Å².